The van der Waals surface area contributed by atoms with Crippen molar-refractivity contribution in [2.45, 2.75) is 40.0 Å². The molecule has 0 radical (unpaired) electrons. The van der Waals surface area contributed by atoms with Crippen molar-refractivity contribution in [1.82, 2.24) is 4.90 Å². The van der Waals surface area contributed by atoms with Crippen LogP contribution in [0.3, 0.4) is 0 Å². The Balaban J connectivity index is 2.85. The number of carbonyl (C=O) groups is 2. The van der Waals surface area contributed by atoms with Crippen LogP contribution < -0.4 is 11.5 Å². The van der Waals surface area contributed by atoms with Crippen molar-refractivity contribution < 1.29 is 9.59 Å². The van der Waals surface area contributed by atoms with Crippen LogP contribution in [-0.2, 0) is 9.59 Å². The third kappa shape index (κ3) is 2.36. The van der Waals surface area contributed by atoms with Gasteiger partial charge >= 0.3 is 0 Å². The first kappa shape index (κ1) is 15.0. The Morgan fingerprint density at radius 2 is 1.89 bits per heavy atom. The minimum atomic E-state index is -0.586. The van der Waals surface area contributed by atoms with Gasteiger partial charge in [0.1, 0.15) is 0 Å². The van der Waals surface area contributed by atoms with Gasteiger partial charge in [-0.3, -0.25) is 9.59 Å². The smallest absolute Gasteiger partial charge is 0.230 e. The number of hydrogen-bond donors (Lipinski definition) is 2. The molecule has 0 aromatic carbocycles. The molecule has 4 N–H and O–H groups in total. The van der Waals surface area contributed by atoms with E-state index in [9.17, 15) is 9.59 Å². The fourth-order valence-electron chi connectivity index (χ4n) is 2.60. The molecule has 2 amide bonds. The standard InChI is InChI=1S/C13H25N3O2/c1-4-13(5-2,8-14)11(18)16-7-6-12(3,9-16)10(15)17/h4-9,14H2,1-3H3,(H2,15,17). The summed E-state index contributed by atoms with van der Waals surface area (Å²) in [4.78, 5) is 25.7. The molecule has 104 valence electrons. The molecular formula is C13H25N3O2. The van der Waals surface area contributed by atoms with Gasteiger partial charge in [-0.05, 0) is 26.2 Å². The van der Waals surface area contributed by atoms with Gasteiger partial charge in [-0.15, -0.1) is 0 Å². The minimum Gasteiger partial charge on any atom is -0.369 e. The number of primary amides is 1. The summed E-state index contributed by atoms with van der Waals surface area (Å²) in [6, 6.07) is 0. The first-order valence-corrected chi connectivity index (χ1v) is 6.64. The quantitative estimate of drug-likeness (QED) is 0.748. The Labute approximate surface area is 109 Å². The van der Waals surface area contributed by atoms with E-state index < -0.39 is 10.8 Å². The molecule has 1 unspecified atom stereocenters. The number of rotatable bonds is 5. The van der Waals surface area contributed by atoms with Gasteiger partial charge in [0.05, 0.1) is 10.8 Å². The van der Waals surface area contributed by atoms with Crippen LogP contribution in [0.5, 0.6) is 0 Å². The molecule has 0 aliphatic carbocycles. The monoisotopic (exact) mass is 255 g/mol. The third-order valence-electron chi connectivity index (χ3n) is 4.55. The van der Waals surface area contributed by atoms with Gasteiger partial charge in [0, 0.05) is 19.6 Å². The van der Waals surface area contributed by atoms with Crippen LogP contribution in [0.15, 0.2) is 0 Å². The number of amides is 2. The van der Waals surface area contributed by atoms with Crippen LogP contribution in [0, 0.1) is 10.8 Å². The highest BCUT2D eigenvalue weighted by molar-refractivity contribution is 5.86. The van der Waals surface area contributed by atoms with E-state index in [0.717, 1.165) is 12.8 Å². The summed E-state index contributed by atoms with van der Waals surface area (Å²) in [5, 5.41) is 0. The van der Waals surface area contributed by atoms with Crippen LogP contribution in [-0.4, -0.2) is 36.3 Å². The Morgan fingerprint density at radius 1 is 1.33 bits per heavy atom. The van der Waals surface area contributed by atoms with Crippen molar-refractivity contribution in [2.75, 3.05) is 19.6 Å². The zero-order valence-corrected chi connectivity index (χ0v) is 11.7. The van der Waals surface area contributed by atoms with E-state index in [1.807, 2.05) is 20.8 Å². The molecule has 0 aromatic heterocycles. The topological polar surface area (TPSA) is 89.4 Å². The van der Waals surface area contributed by atoms with Crippen molar-refractivity contribution in [3.8, 4) is 0 Å². The first-order chi connectivity index (χ1) is 8.35. The van der Waals surface area contributed by atoms with Crippen LogP contribution in [0.2, 0.25) is 0 Å². The van der Waals surface area contributed by atoms with E-state index in [1.165, 1.54) is 0 Å². The molecule has 1 rings (SSSR count). The molecule has 0 saturated carbocycles. The molecule has 0 bridgehead atoms. The summed E-state index contributed by atoms with van der Waals surface area (Å²) in [6.45, 7) is 7.16. The molecule has 1 atom stereocenters. The number of nitrogens with two attached hydrogens (primary N) is 2. The van der Waals surface area contributed by atoms with Crippen LogP contribution >= 0.6 is 0 Å². The van der Waals surface area contributed by atoms with E-state index in [1.54, 1.807) is 4.90 Å². The van der Waals surface area contributed by atoms with E-state index in [2.05, 4.69) is 0 Å². The predicted molar refractivity (Wildman–Crippen MR) is 70.6 cm³/mol. The summed E-state index contributed by atoms with van der Waals surface area (Å²) in [7, 11) is 0. The molecule has 1 aliphatic heterocycles. The van der Waals surface area contributed by atoms with Gasteiger partial charge in [0.15, 0.2) is 0 Å². The normalized spacial score (nSPS) is 24.3. The maximum atomic E-state index is 12.6. The van der Waals surface area contributed by atoms with Gasteiger partial charge in [0.25, 0.3) is 0 Å². The number of hydrogen-bond acceptors (Lipinski definition) is 3. The average molecular weight is 255 g/mol. The molecule has 1 heterocycles. The van der Waals surface area contributed by atoms with E-state index in [4.69, 9.17) is 11.5 Å². The average Bonchev–Trinajstić information content (AvgIpc) is 2.76. The maximum absolute atomic E-state index is 12.6. The third-order valence-corrected chi connectivity index (χ3v) is 4.55. The SMILES string of the molecule is CCC(CC)(CN)C(=O)N1CCC(C)(C(N)=O)C1. The summed E-state index contributed by atoms with van der Waals surface area (Å²) >= 11 is 0. The highest BCUT2D eigenvalue weighted by atomic mass is 16.2. The van der Waals surface area contributed by atoms with E-state index >= 15 is 0 Å². The van der Waals surface area contributed by atoms with E-state index in [0.29, 0.717) is 26.1 Å². The Kier molecular flexibility index (Phi) is 4.37. The zero-order chi connectivity index (χ0) is 14.0. The van der Waals surface area contributed by atoms with Crippen molar-refractivity contribution in [3.05, 3.63) is 0 Å². The second-order valence-electron chi connectivity index (χ2n) is 5.59. The summed E-state index contributed by atoms with van der Waals surface area (Å²) in [5.41, 5.74) is 10.1. The molecule has 1 fully saturated rings. The van der Waals surface area contributed by atoms with Crippen molar-refractivity contribution in [3.63, 3.8) is 0 Å². The largest absolute Gasteiger partial charge is 0.369 e. The number of nitrogens with zero attached hydrogens (tertiary/aromatic N) is 1. The summed E-state index contributed by atoms with van der Waals surface area (Å²) < 4.78 is 0. The molecule has 0 aromatic rings. The lowest BCUT2D eigenvalue weighted by Gasteiger charge is -2.33. The van der Waals surface area contributed by atoms with Gasteiger partial charge in [-0.1, -0.05) is 13.8 Å². The van der Waals surface area contributed by atoms with Gasteiger partial charge in [-0.2, -0.15) is 0 Å². The van der Waals surface area contributed by atoms with Crippen LogP contribution in [0.1, 0.15) is 40.0 Å². The highest BCUT2D eigenvalue weighted by Gasteiger charge is 2.45. The second-order valence-corrected chi connectivity index (χ2v) is 5.59. The molecule has 18 heavy (non-hydrogen) atoms. The molecule has 5 nitrogen and oxygen atoms in total. The molecule has 1 saturated heterocycles. The van der Waals surface area contributed by atoms with Gasteiger partial charge in [-0.25, -0.2) is 0 Å². The fourth-order valence-corrected chi connectivity index (χ4v) is 2.60. The lowest BCUT2D eigenvalue weighted by molar-refractivity contribution is -0.141. The zero-order valence-electron chi connectivity index (χ0n) is 11.7. The fraction of sp³-hybridized carbons (Fsp3) is 0.846. The number of carbonyl (C=O) groups excluding carboxylic acids is 2. The van der Waals surface area contributed by atoms with Crippen molar-refractivity contribution >= 4 is 11.8 Å². The van der Waals surface area contributed by atoms with E-state index in [-0.39, 0.29) is 11.8 Å². The van der Waals surface area contributed by atoms with Gasteiger partial charge in [0.2, 0.25) is 11.8 Å². The highest BCUT2D eigenvalue weighted by Crippen LogP contribution is 2.35. The lowest BCUT2D eigenvalue weighted by atomic mass is 9.81. The van der Waals surface area contributed by atoms with Crippen molar-refractivity contribution in [1.29, 1.82) is 0 Å². The second kappa shape index (κ2) is 5.26. The molecular weight excluding hydrogens is 230 g/mol. The summed E-state index contributed by atoms with van der Waals surface area (Å²) in [6.07, 6.45) is 2.09. The first-order valence-electron chi connectivity index (χ1n) is 6.64. The van der Waals surface area contributed by atoms with Crippen molar-refractivity contribution in [2.24, 2.45) is 22.3 Å². The Hall–Kier alpha value is -1.10. The summed E-state index contributed by atoms with van der Waals surface area (Å²) in [5.74, 6) is -0.260. The van der Waals surface area contributed by atoms with Crippen LogP contribution in [0.4, 0.5) is 0 Å². The Morgan fingerprint density at radius 3 is 2.22 bits per heavy atom. The minimum absolute atomic E-state index is 0.0694. The number of likely N-dealkylation sites (tertiary alicyclic amines) is 1. The molecule has 0 spiro atoms. The van der Waals surface area contributed by atoms with Gasteiger partial charge < -0.3 is 16.4 Å². The Bertz CT molecular complexity index is 331. The molecule has 1 aliphatic rings. The maximum Gasteiger partial charge on any atom is 0.230 e. The lowest BCUT2D eigenvalue weighted by Crippen LogP contribution is -2.48. The molecule has 5 heteroatoms. The predicted octanol–water partition coefficient (Wildman–Crippen LogP) is 0.475. The van der Waals surface area contributed by atoms with Crippen LogP contribution in [0.25, 0.3) is 0 Å².